The number of rotatable bonds is 7. The van der Waals surface area contributed by atoms with Gasteiger partial charge < -0.3 is 4.57 Å². The van der Waals surface area contributed by atoms with Crippen molar-refractivity contribution in [2.45, 2.75) is 37.2 Å². The summed E-state index contributed by atoms with van der Waals surface area (Å²) >= 11 is 5.27. The summed E-state index contributed by atoms with van der Waals surface area (Å²) in [7, 11) is 0. The molecule has 0 unspecified atom stereocenters. The predicted molar refractivity (Wildman–Crippen MR) is 103 cm³/mol. The molecule has 5 heteroatoms. The summed E-state index contributed by atoms with van der Waals surface area (Å²) < 4.78 is 3.34. The van der Waals surface area contributed by atoms with E-state index in [9.17, 15) is 0 Å². The first-order valence-electron chi connectivity index (χ1n) is 8.09. The molecule has 1 aromatic heterocycles. The van der Waals surface area contributed by atoms with Crippen LogP contribution in [0.5, 0.6) is 0 Å². The fraction of sp³-hybridized carbons (Fsp3) is 0.263. The number of halogens is 1. The summed E-state index contributed by atoms with van der Waals surface area (Å²) in [6.45, 7) is 3.05. The Morgan fingerprint density at radius 3 is 2.50 bits per heavy atom. The Bertz CT molecular complexity index is 786. The lowest BCUT2D eigenvalue weighted by atomic mass is 10.1. The van der Waals surface area contributed by atoms with Crippen LogP contribution in [0, 0.1) is 0 Å². The SMILES string of the molecule is CCn1c(CCc2ccccc2)nnc1SCc1cccc(Br)c1. The van der Waals surface area contributed by atoms with Crippen molar-refractivity contribution < 1.29 is 0 Å². The number of hydrogen-bond donors (Lipinski definition) is 0. The summed E-state index contributed by atoms with van der Waals surface area (Å²) in [6, 6.07) is 18.9. The van der Waals surface area contributed by atoms with Crippen LogP contribution in [0.2, 0.25) is 0 Å². The van der Waals surface area contributed by atoms with Gasteiger partial charge in [-0.3, -0.25) is 0 Å². The third-order valence-corrected chi connectivity index (χ3v) is 5.38. The van der Waals surface area contributed by atoms with Gasteiger partial charge in [0.1, 0.15) is 5.82 Å². The highest BCUT2D eigenvalue weighted by Gasteiger charge is 2.11. The zero-order chi connectivity index (χ0) is 16.8. The smallest absolute Gasteiger partial charge is 0.191 e. The molecule has 0 fully saturated rings. The van der Waals surface area contributed by atoms with Gasteiger partial charge in [-0.05, 0) is 36.6 Å². The summed E-state index contributed by atoms with van der Waals surface area (Å²) in [5.41, 5.74) is 2.62. The second-order valence-corrected chi connectivity index (χ2v) is 7.41. The summed E-state index contributed by atoms with van der Waals surface area (Å²) in [5.74, 6) is 1.97. The first-order chi connectivity index (χ1) is 11.8. The lowest BCUT2D eigenvalue weighted by Gasteiger charge is -2.07. The van der Waals surface area contributed by atoms with E-state index in [1.807, 2.05) is 6.07 Å². The predicted octanol–water partition coefficient (Wildman–Crippen LogP) is 5.14. The monoisotopic (exact) mass is 401 g/mol. The van der Waals surface area contributed by atoms with E-state index in [0.717, 1.165) is 40.6 Å². The van der Waals surface area contributed by atoms with Crippen LogP contribution < -0.4 is 0 Å². The molecule has 0 atom stereocenters. The fourth-order valence-corrected chi connectivity index (χ4v) is 4.01. The first kappa shape index (κ1) is 17.2. The van der Waals surface area contributed by atoms with Crippen LogP contribution in [-0.2, 0) is 25.1 Å². The van der Waals surface area contributed by atoms with Gasteiger partial charge in [0.25, 0.3) is 0 Å². The molecular formula is C19H20BrN3S. The highest BCUT2D eigenvalue weighted by Crippen LogP contribution is 2.24. The van der Waals surface area contributed by atoms with Crippen LogP contribution in [0.3, 0.4) is 0 Å². The molecular weight excluding hydrogens is 382 g/mol. The normalized spacial score (nSPS) is 10.9. The number of aryl methyl sites for hydroxylation is 2. The molecule has 0 aliphatic rings. The maximum absolute atomic E-state index is 4.41. The Balaban J connectivity index is 1.65. The Hall–Kier alpha value is -1.59. The van der Waals surface area contributed by atoms with Gasteiger partial charge in [-0.2, -0.15) is 0 Å². The second-order valence-electron chi connectivity index (χ2n) is 5.55. The minimum Gasteiger partial charge on any atom is -0.306 e. The van der Waals surface area contributed by atoms with Gasteiger partial charge in [0.15, 0.2) is 5.16 Å². The lowest BCUT2D eigenvalue weighted by molar-refractivity contribution is 0.638. The number of benzene rings is 2. The molecule has 3 rings (SSSR count). The molecule has 3 aromatic rings. The zero-order valence-corrected chi connectivity index (χ0v) is 16.1. The van der Waals surface area contributed by atoms with E-state index in [4.69, 9.17) is 0 Å². The van der Waals surface area contributed by atoms with E-state index < -0.39 is 0 Å². The van der Waals surface area contributed by atoms with Crippen LogP contribution in [0.1, 0.15) is 23.9 Å². The van der Waals surface area contributed by atoms with Crippen LogP contribution in [0.25, 0.3) is 0 Å². The van der Waals surface area contributed by atoms with Crippen molar-refractivity contribution in [2.24, 2.45) is 0 Å². The first-order valence-corrected chi connectivity index (χ1v) is 9.87. The van der Waals surface area contributed by atoms with E-state index in [-0.39, 0.29) is 0 Å². The molecule has 0 aliphatic carbocycles. The van der Waals surface area contributed by atoms with Crippen molar-refractivity contribution in [3.8, 4) is 0 Å². The Morgan fingerprint density at radius 1 is 0.958 bits per heavy atom. The molecule has 0 N–H and O–H groups in total. The van der Waals surface area contributed by atoms with Crippen molar-refractivity contribution in [3.05, 3.63) is 76.0 Å². The molecule has 0 saturated heterocycles. The second kappa shape index (κ2) is 8.49. The van der Waals surface area contributed by atoms with Crippen molar-refractivity contribution in [1.82, 2.24) is 14.8 Å². The molecule has 0 aliphatic heterocycles. The third kappa shape index (κ3) is 4.48. The number of nitrogens with zero attached hydrogens (tertiary/aromatic N) is 3. The van der Waals surface area contributed by atoms with Gasteiger partial charge >= 0.3 is 0 Å². The van der Waals surface area contributed by atoms with Crippen molar-refractivity contribution in [1.29, 1.82) is 0 Å². The van der Waals surface area contributed by atoms with Crippen LogP contribution in [-0.4, -0.2) is 14.8 Å². The minimum atomic E-state index is 0.899. The maximum atomic E-state index is 4.41. The molecule has 0 spiro atoms. The Kier molecular flexibility index (Phi) is 6.10. The molecule has 24 heavy (non-hydrogen) atoms. The average molecular weight is 402 g/mol. The van der Waals surface area contributed by atoms with E-state index in [1.165, 1.54) is 11.1 Å². The summed E-state index contributed by atoms with van der Waals surface area (Å²) in [6.07, 6.45) is 1.91. The highest BCUT2D eigenvalue weighted by atomic mass is 79.9. The van der Waals surface area contributed by atoms with Gasteiger partial charge in [-0.1, -0.05) is 70.2 Å². The standard InChI is InChI=1S/C19H20BrN3S/c1-2-23-18(12-11-15-7-4-3-5-8-15)21-22-19(23)24-14-16-9-6-10-17(20)13-16/h3-10,13H,2,11-12,14H2,1H3. The van der Waals surface area contributed by atoms with Crippen LogP contribution >= 0.6 is 27.7 Å². The van der Waals surface area contributed by atoms with Gasteiger partial charge in [0, 0.05) is 23.2 Å². The van der Waals surface area contributed by atoms with Crippen LogP contribution in [0.4, 0.5) is 0 Å². The third-order valence-electron chi connectivity index (χ3n) is 3.85. The van der Waals surface area contributed by atoms with E-state index in [2.05, 4.69) is 86.1 Å². The summed E-state index contributed by atoms with van der Waals surface area (Å²) in [4.78, 5) is 0. The van der Waals surface area contributed by atoms with Crippen LogP contribution in [0.15, 0.2) is 64.2 Å². The summed E-state index contributed by atoms with van der Waals surface area (Å²) in [5, 5.41) is 9.82. The lowest BCUT2D eigenvalue weighted by Crippen LogP contribution is -2.05. The molecule has 2 aromatic carbocycles. The van der Waals surface area contributed by atoms with Gasteiger partial charge in [0.2, 0.25) is 0 Å². The quantitative estimate of drug-likeness (QED) is 0.513. The topological polar surface area (TPSA) is 30.7 Å². The average Bonchev–Trinajstić information content (AvgIpc) is 3.01. The molecule has 124 valence electrons. The Labute approximate surface area is 155 Å². The molecule has 0 amide bonds. The van der Waals surface area contributed by atoms with Gasteiger partial charge in [0.05, 0.1) is 0 Å². The van der Waals surface area contributed by atoms with E-state index in [0.29, 0.717) is 0 Å². The molecule has 1 heterocycles. The van der Waals surface area contributed by atoms with Crippen molar-refractivity contribution >= 4 is 27.7 Å². The molecule has 0 radical (unpaired) electrons. The molecule has 0 bridgehead atoms. The zero-order valence-electron chi connectivity index (χ0n) is 13.7. The fourth-order valence-electron chi connectivity index (χ4n) is 2.60. The van der Waals surface area contributed by atoms with E-state index in [1.54, 1.807) is 11.8 Å². The highest BCUT2D eigenvalue weighted by molar-refractivity contribution is 9.10. The number of thioether (sulfide) groups is 1. The van der Waals surface area contributed by atoms with E-state index >= 15 is 0 Å². The number of aromatic nitrogens is 3. The minimum absolute atomic E-state index is 0.899. The van der Waals surface area contributed by atoms with Crippen molar-refractivity contribution in [2.75, 3.05) is 0 Å². The van der Waals surface area contributed by atoms with Crippen molar-refractivity contribution in [3.63, 3.8) is 0 Å². The Morgan fingerprint density at radius 2 is 1.75 bits per heavy atom. The largest absolute Gasteiger partial charge is 0.306 e. The number of hydrogen-bond acceptors (Lipinski definition) is 3. The molecule has 3 nitrogen and oxygen atoms in total. The van der Waals surface area contributed by atoms with Gasteiger partial charge in [-0.25, -0.2) is 0 Å². The maximum Gasteiger partial charge on any atom is 0.191 e. The van der Waals surface area contributed by atoms with Gasteiger partial charge in [-0.15, -0.1) is 10.2 Å². The molecule has 0 saturated carbocycles.